The Balaban J connectivity index is 1.34. The zero-order valence-electron chi connectivity index (χ0n) is 21.0. The fraction of sp³-hybridized carbons (Fsp3) is 0.500. The maximum atomic E-state index is 10.7. The predicted octanol–water partition coefficient (Wildman–Crippen LogP) is 5.47. The van der Waals surface area contributed by atoms with Gasteiger partial charge >= 0.3 is 5.97 Å². The number of piperazine rings is 1. The first-order chi connectivity index (χ1) is 17.1. The van der Waals surface area contributed by atoms with Gasteiger partial charge in [0.25, 0.3) is 0 Å². The van der Waals surface area contributed by atoms with E-state index in [-0.39, 0.29) is 12.5 Å². The maximum Gasteiger partial charge on any atom is 0.303 e. The smallest absolute Gasteiger partial charge is 0.303 e. The van der Waals surface area contributed by atoms with Crippen LogP contribution in [-0.4, -0.2) is 66.2 Å². The van der Waals surface area contributed by atoms with Crippen molar-refractivity contribution < 1.29 is 14.6 Å². The SMILES string of the molecule is CN1CCN([C@H]2CC[C@H](OCc3ccc(-c4ccccc4)cc3)[C@@H]2CCC=CCCC(=O)O)CC1. The molecule has 1 heterocycles. The number of carboxylic acids is 1. The van der Waals surface area contributed by atoms with Gasteiger partial charge in [-0.15, -0.1) is 0 Å². The van der Waals surface area contributed by atoms with Gasteiger partial charge in [-0.3, -0.25) is 9.69 Å². The van der Waals surface area contributed by atoms with Crippen molar-refractivity contribution in [2.24, 2.45) is 5.92 Å². The normalized spacial score (nSPS) is 23.7. The number of carbonyl (C=O) groups is 1. The lowest BCUT2D eigenvalue weighted by molar-refractivity contribution is -0.136. The number of ether oxygens (including phenoxy) is 1. The quantitative estimate of drug-likeness (QED) is 0.436. The van der Waals surface area contributed by atoms with E-state index in [0.717, 1.165) is 45.4 Å². The van der Waals surface area contributed by atoms with Crippen molar-refractivity contribution in [3.63, 3.8) is 0 Å². The first-order valence-electron chi connectivity index (χ1n) is 13.2. The molecule has 2 aliphatic rings. The molecule has 1 N–H and O–H groups in total. The number of hydrogen-bond donors (Lipinski definition) is 1. The minimum absolute atomic E-state index is 0.207. The molecular weight excluding hydrogens is 436 g/mol. The molecule has 35 heavy (non-hydrogen) atoms. The Kier molecular flexibility index (Phi) is 9.52. The first kappa shape index (κ1) is 25.6. The summed E-state index contributed by atoms with van der Waals surface area (Å²) in [7, 11) is 2.21. The van der Waals surface area contributed by atoms with Gasteiger partial charge in [-0.25, -0.2) is 0 Å². The van der Waals surface area contributed by atoms with Crippen LogP contribution in [-0.2, 0) is 16.1 Å². The van der Waals surface area contributed by atoms with Gasteiger partial charge in [0.2, 0.25) is 0 Å². The number of allylic oxidation sites excluding steroid dienone is 2. The molecule has 0 aromatic heterocycles. The molecule has 0 bridgehead atoms. The summed E-state index contributed by atoms with van der Waals surface area (Å²) in [4.78, 5) is 15.9. The van der Waals surface area contributed by atoms with Gasteiger partial charge in [-0.2, -0.15) is 0 Å². The zero-order valence-corrected chi connectivity index (χ0v) is 21.0. The number of carboxylic acid groups (broad SMARTS) is 1. The molecular formula is C30H40N2O3. The highest BCUT2D eigenvalue weighted by Crippen LogP contribution is 2.37. The van der Waals surface area contributed by atoms with Gasteiger partial charge in [-0.1, -0.05) is 66.7 Å². The third-order valence-electron chi connectivity index (χ3n) is 7.61. The molecule has 3 atom stereocenters. The van der Waals surface area contributed by atoms with Crippen LogP contribution in [0.25, 0.3) is 11.1 Å². The predicted molar refractivity (Wildman–Crippen MR) is 141 cm³/mol. The molecule has 2 aromatic carbocycles. The minimum Gasteiger partial charge on any atom is -0.481 e. The van der Waals surface area contributed by atoms with Crippen LogP contribution in [0, 0.1) is 5.92 Å². The molecule has 1 saturated heterocycles. The second-order valence-corrected chi connectivity index (χ2v) is 10.0. The van der Waals surface area contributed by atoms with Crippen LogP contribution in [0.2, 0.25) is 0 Å². The molecule has 0 unspecified atom stereocenters. The summed E-state index contributed by atoms with van der Waals surface area (Å²) in [5, 5.41) is 8.84. The summed E-state index contributed by atoms with van der Waals surface area (Å²) in [6.07, 6.45) is 9.69. The summed E-state index contributed by atoms with van der Waals surface area (Å²) in [5.74, 6) is -0.211. The molecule has 4 rings (SSSR count). The summed E-state index contributed by atoms with van der Waals surface area (Å²) < 4.78 is 6.56. The van der Waals surface area contributed by atoms with Gasteiger partial charge in [0.05, 0.1) is 12.7 Å². The Morgan fingerprint density at radius 3 is 2.34 bits per heavy atom. The molecule has 2 aromatic rings. The summed E-state index contributed by atoms with van der Waals surface area (Å²) in [6.45, 7) is 5.20. The van der Waals surface area contributed by atoms with Crippen LogP contribution in [0.3, 0.4) is 0 Å². The lowest BCUT2D eigenvalue weighted by Gasteiger charge is -2.39. The number of benzene rings is 2. The van der Waals surface area contributed by atoms with Crippen molar-refractivity contribution in [3.8, 4) is 11.1 Å². The van der Waals surface area contributed by atoms with Crippen molar-refractivity contribution in [2.75, 3.05) is 33.2 Å². The Bertz CT molecular complexity index is 936. The van der Waals surface area contributed by atoms with E-state index in [1.807, 2.05) is 12.1 Å². The summed E-state index contributed by atoms with van der Waals surface area (Å²) in [6, 6.07) is 19.8. The molecule has 2 fully saturated rings. The standard InChI is InChI=1S/C30H40N2O3/c1-31-19-21-32(22-20-31)28-17-18-29(27(28)11-7-2-3-8-12-30(33)34)35-23-24-13-15-26(16-14-24)25-9-5-4-6-10-25/h2-6,9-10,13-16,27-29H,7-8,11-12,17-23H2,1H3,(H,33,34)/t27-,28+,29+/m1/s1. The molecule has 5 nitrogen and oxygen atoms in total. The Labute approximate surface area is 210 Å². The average molecular weight is 477 g/mol. The average Bonchev–Trinajstić information content (AvgIpc) is 3.28. The molecule has 0 amide bonds. The van der Waals surface area contributed by atoms with Gasteiger partial charge < -0.3 is 14.7 Å². The van der Waals surface area contributed by atoms with E-state index in [1.165, 1.54) is 23.1 Å². The van der Waals surface area contributed by atoms with E-state index in [4.69, 9.17) is 9.84 Å². The second-order valence-electron chi connectivity index (χ2n) is 10.0. The number of likely N-dealkylation sites (N-methyl/N-ethyl adjacent to an activating group) is 1. The van der Waals surface area contributed by atoms with Crippen molar-refractivity contribution in [1.29, 1.82) is 0 Å². The fourth-order valence-electron chi connectivity index (χ4n) is 5.56. The van der Waals surface area contributed by atoms with Crippen molar-refractivity contribution in [3.05, 3.63) is 72.3 Å². The molecule has 0 radical (unpaired) electrons. The third-order valence-corrected chi connectivity index (χ3v) is 7.61. The number of rotatable bonds is 11. The van der Waals surface area contributed by atoms with E-state index in [0.29, 0.717) is 25.0 Å². The van der Waals surface area contributed by atoms with Gasteiger partial charge in [0.1, 0.15) is 0 Å². The van der Waals surface area contributed by atoms with E-state index < -0.39 is 5.97 Å². The third kappa shape index (κ3) is 7.50. The monoisotopic (exact) mass is 476 g/mol. The highest BCUT2D eigenvalue weighted by Gasteiger charge is 2.40. The summed E-state index contributed by atoms with van der Waals surface area (Å²) >= 11 is 0. The van der Waals surface area contributed by atoms with Crippen LogP contribution in [0.15, 0.2) is 66.7 Å². The fourth-order valence-corrected chi connectivity index (χ4v) is 5.56. The maximum absolute atomic E-state index is 10.7. The largest absolute Gasteiger partial charge is 0.481 e. The van der Waals surface area contributed by atoms with Crippen molar-refractivity contribution in [2.45, 2.75) is 57.3 Å². The lowest BCUT2D eigenvalue weighted by atomic mass is 9.93. The lowest BCUT2D eigenvalue weighted by Crippen LogP contribution is -2.50. The summed E-state index contributed by atoms with van der Waals surface area (Å²) in [5.41, 5.74) is 3.69. The van der Waals surface area contributed by atoms with Gasteiger partial charge in [0, 0.05) is 44.6 Å². The number of hydrogen-bond acceptors (Lipinski definition) is 4. The first-order valence-corrected chi connectivity index (χ1v) is 13.2. The van der Waals surface area contributed by atoms with E-state index in [1.54, 1.807) is 0 Å². The molecule has 0 spiro atoms. The number of nitrogens with zero attached hydrogens (tertiary/aromatic N) is 2. The van der Waals surface area contributed by atoms with Crippen LogP contribution in [0.4, 0.5) is 0 Å². The highest BCUT2D eigenvalue weighted by atomic mass is 16.5. The zero-order chi connectivity index (χ0) is 24.5. The Hall–Kier alpha value is -2.47. The van der Waals surface area contributed by atoms with Gasteiger partial charge in [-0.05, 0) is 55.8 Å². The second kappa shape index (κ2) is 13.0. The molecule has 1 aliphatic carbocycles. The van der Waals surface area contributed by atoms with E-state index in [2.05, 4.69) is 71.5 Å². The van der Waals surface area contributed by atoms with Crippen LogP contribution in [0.5, 0.6) is 0 Å². The molecule has 5 heteroatoms. The highest BCUT2D eigenvalue weighted by molar-refractivity contribution is 5.66. The molecule has 1 aliphatic heterocycles. The van der Waals surface area contributed by atoms with Crippen LogP contribution in [0.1, 0.15) is 44.1 Å². The van der Waals surface area contributed by atoms with Crippen molar-refractivity contribution in [1.82, 2.24) is 9.80 Å². The molecule has 1 saturated carbocycles. The van der Waals surface area contributed by atoms with Crippen LogP contribution >= 0.6 is 0 Å². The van der Waals surface area contributed by atoms with E-state index in [9.17, 15) is 4.79 Å². The molecule has 188 valence electrons. The Morgan fingerprint density at radius 2 is 1.63 bits per heavy atom. The topological polar surface area (TPSA) is 53.0 Å². The minimum atomic E-state index is -0.731. The van der Waals surface area contributed by atoms with Crippen LogP contribution < -0.4 is 0 Å². The van der Waals surface area contributed by atoms with E-state index >= 15 is 0 Å². The Morgan fingerprint density at radius 1 is 0.943 bits per heavy atom. The number of aliphatic carboxylic acids is 1. The van der Waals surface area contributed by atoms with Crippen molar-refractivity contribution >= 4 is 5.97 Å². The van der Waals surface area contributed by atoms with Gasteiger partial charge in [0.15, 0.2) is 0 Å².